The van der Waals surface area contributed by atoms with Gasteiger partial charge in [0.15, 0.2) is 0 Å². The number of benzene rings is 1. The predicted octanol–water partition coefficient (Wildman–Crippen LogP) is 2.78. The molecule has 1 saturated carbocycles. The van der Waals surface area contributed by atoms with Gasteiger partial charge >= 0.3 is 0 Å². The molecular weight excluding hydrogens is 198 g/mol. The van der Waals surface area contributed by atoms with E-state index in [0.717, 1.165) is 18.7 Å². The molecule has 0 saturated heterocycles. The maximum Gasteiger partial charge on any atom is 0.119 e. The number of hydrogen-bond acceptors (Lipinski definition) is 2. The molecule has 1 N–H and O–H groups in total. The summed E-state index contributed by atoms with van der Waals surface area (Å²) in [7, 11) is 1.75. The van der Waals surface area contributed by atoms with Gasteiger partial charge in [-0.2, -0.15) is 0 Å². The zero-order valence-corrected chi connectivity index (χ0v) is 10.0. The van der Waals surface area contributed by atoms with Crippen LogP contribution in [0.2, 0.25) is 0 Å². The lowest BCUT2D eigenvalue weighted by Crippen LogP contribution is -2.37. The summed E-state index contributed by atoms with van der Waals surface area (Å²) < 4.78 is 5.35. The normalized spacial score (nSPS) is 25.2. The van der Waals surface area contributed by atoms with Crippen LogP contribution in [0.1, 0.15) is 43.4 Å². The molecule has 1 unspecified atom stereocenters. The second kappa shape index (κ2) is 3.49. The maximum atomic E-state index is 5.35. The third kappa shape index (κ3) is 1.36. The second-order valence-electron chi connectivity index (χ2n) is 5.08. The highest BCUT2D eigenvalue weighted by atomic mass is 16.5. The summed E-state index contributed by atoms with van der Waals surface area (Å²) in [6, 6.07) is 7.12. The smallest absolute Gasteiger partial charge is 0.119 e. The Morgan fingerprint density at radius 1 is 1.44 bits per heavy atom. The van der Waals surface area contributed by atoms with Crippen LogP contribution in [0.15, 0.2) is 18.2 Å². The molecule has 2 nitrogen and oxygen atoms in total. The van der Waals surface area contributed by atoms with Gasteiger partial charge in [-0.3, -0.25) is 0 Å². The Morgan fingerprint density at radius 3 is 2.88 bits per heavy atom. The van der Waals surface area contributed by atoms with Gasteiger partial charge in [0.1, 0.15) is 5.75 Å². The van der Waals surface area contributed by atoms with Crippen molar-refractivity contribution in [3.63, 3.8) is 0 Å². The molecule has 1 aromatic carbocycles. The Kier molecular flexibility index (Phi) is 2.21. The first-order chi connectivity index (χ1) is 7.79. The van der Waals surface area contributed by atoms with Crippen molar-refractivity contribution in [1.82, 2.24) is 5.32 Å². The van der Waals surface area contributed by atoms with E-state index in [1.807, 2.05) is 0 Å². The highest BCUT2D eigenvalue weighted by Gasteiger charge is 2.48. The molecule has 1 atom stereocenters. The molecule has 3 rings (SSSR count). The van der Waals surface area contributed by atoms with E-state index in [1.54, 1.807) is 7.11 Å². The van der Waals surface area contributed by atoms with Gasteiger partial charge in [0.25, 0.3) is 0 Å². The van der Waals surface area contributed by atoms with E-state index >= 15 is 0 Å². The average molecular weight is 217 g/mol. The van der Waals surface area contributed by atoms with E-state index in [1.165, 1.54) is 24.0 Å². The summed E-state index contributed by atoms with van der Waals surface area (Å²) >= 11 is 0. The Hall–Kier alpha value is -1.02. The van der Waals surface area contributed by atoms with Crippen LogP contribution in [-0.2, 0) is 5.41 Å². The molecule has 2 heteroatoms. The minimum atomic E-state index is 0.440. The van der Waals surface area contributed by atoms with Crippen molar-refractivity contribution in [1.29, 1.82) is 0 Å². The van der Waals surface area contributed by atoms with Crippen molar-refractivity contribution >= 4 is 0 Å². The first-order valence-electron chi connectivity index (χ1n) is 6.21. The summed E-state index contributed by atoms with van der Waals surface area (Å²) in [5, 5.41) is 3.67. The Morgan fingerprint density at radius 2 is 2.25 bits per heavy atom. The van der Waals surface area contributed by atoms with Crippen LogP contribution in [0.4, 0.5) is 0 Å². The van der Waals surface area contributed by atoms with Gasteiger partial charge in [-0.15, -0.1) is 0 Å². The third-order valence-corrected chi connectivity index (χ3v) is 4.16. The van der Waals surface area contributed by atoms with Crippen molar-refractivity contribution in [3.05, 3.63) is 29.3 Å². The van der Waals surface area contributed by atoms with Crippen molar-refractivity contribution in [2.24, 2.45) is 0 Å². The monoisotopic (exact) mass is 217 g/mol. The van der Waals surface area contributed by atoms with Gasteiger partial charge in [-0.05, 0) is 42.5 Å². The predicted molar refractivity (Wildman–Crippen MR) is 64.9 cm³/mol. The number of fused-ring (bicyclic) bond motifs is 2. The van der Waals surface area contributed by atoms with E-state index in [-0.39, 0.29) is 0 Å². The molecule has 0 bridgehead atoms. The molecular formula is C14H19NO. The highest BCUT2D eigenvalue weighted by molar-refractivity contribution is 5.47. The first-order valence-corrected chi connectivity index (χ1v) is 6.21. The molecule has 16 heavy (non-hydrogen) atoms. The minimum Gasteiger partial charge on any atom is -0.497 e. The molecule has 1 aromatic rings. The summed E-state index contributed by atoms with van der Waals surface area (Å²) in [5.74, 6) is 1.00. The van der Waals surface area contributed by atoms with Gasteiger partial charge in [0, 0.05) is 18.0 Å². The van der Waals surface area contributed by atoms with Crippen LogP contribution < -0.4 is 10.1 Å². The lowest BCUT2D eigenvalue weighted by molar-refractivity contribution is 0.404. The molecule has 2 aliphatic rings. The number of rotatable bonds is 2. The zero-order chi connectivity index (χ0) is 11.2. The van der Waals surface area contributed by atoms with Crippen LogP contribution in [0.25, 0.3) is 0 Å². The summed E-state index contributed by atoms with van der Waals surface area (Å²) in [6.07, 6.45) is 3.82. The molecule has 1 aliphatic carbocycles. The molecule has 0 amide bonds. The lowest BCUT2D eigenvalue weighted by Gasteiger charge is -2.32. The van der Waals surface area contributed by atoms with E-state index in [2.05, 4.69) is 30.4 Å². The van der Waals surface area contributed by atoms with Crippen LogP contribution in [0.3, 0.4) is 0 Å². The van der Waals surface area contributed by atoms with Gasteiger partial charge in [-0.25, -0.2) is 0 Å². The first kappa shape index (κ1) is 10.2. The Bertz CT molecular complexity index is 409. The van der Waals surface area contributed by atoms with E-state index in [4.69, 9.17) is 4.74 Å². The fraction of sp³-hybridized carbons (Fsp3) is 0.571. The Balaban J connectivity index is 2.08. The number of ether oxygens (including phenoxy) is 1. The maximum absolute atomic E-state index is 5.35. The topological polar surface area (TPSA) is 21.3 Å². The molecule has 1 aliphatic heterocycles. The highest BCUT2D eigenvalue weighted by Crippen LogP contribution is 2.53. The van der Waals surface area contributed by atoms with E-state index in [9.17, 15) is 0 Å². The summed E-state index contributed by atoms with van der Waals surface area (Å²) in [5.41, 5.74) is 3.47. The van der Waals surface area contributed by atoms with Gasteiger partial charge in [-0.1, -0.05) is 13.0 Å². The summed E-state index contributed by atoms with van der Waals surface area (Å²) in [6.45, 7) is 3.39. The fourth-order valence-corrected chi connectivity index (χ4v) is 2.91. The molecule has 1 heterocycles. The van der Waals surface area contributed by atoms with Crippen molar-refractivity contribution in [2.75, 3.05) is 13.7 Å². The third-order valence-electron chi connectivity index (χ3n) is 4.16. The minimum absolute atomic E-state index is 0.440. The quantitative estimate of drug-likeness (QED) is 0.822. The van der Waals surface area contributed by atoms with E-state index in [0.29, 0.717) is 11.5 Å². The number of hydrogen-bond donors (Lipinski definition) is 1. The zero-order valence-electron chi connectivity index (χ0n) is 10.0. The largest absolute Gasteiger partial charge is 0.497 e. The number of methoxy groups -OCH3 is 1. The molecule has 0 aromatic heterocycles. The van der Waals surface area contributed by atoms with Crippen molar-refractivity contribution in [3.8, 4) is 5.75 Å². The molecule has 0 radical (unpaired) electrons. The Labute approximate surface area is 97.0 Å². The van der Waals surface area contributed by atoms with Crippen LogP contribution in [-0.4, -0.2) is 13.7 Å². The fourth-order valence-electron chi connectivity index (χ4n) is 2.91. The van der Waals surface area contributed by atoms with E-state index < -0.39 is 0 Å². The van der Waals surface area contributed by atoms with Crippen LogP contribution in [0, 0.1) is 0 Å². The van der Waals surface area contributed by atoms with Crippen molar-refractivity contribution in [2.45, 2.75) is 37.6 Å². The van der Waals surface area contributed by atoms with Crippen molar-refractivity contribution < 1.29 is 4.74 Å². The standard InChI is InChI=1S/C14H19NO/c1-3-13-11-5-4-10(16-2)8-12(11)14(6-7-14)9-15-13/h4-5,8,13,15H,3,6-7,9H2,1-2H3. The average Bonchev–Trinajstić information content (AvgIpc) is 3.10. The van der Waals surface area contributed by atoms with Crippen LogP contribution >= 0.6 is 0 Å². The SMILES string of the molecule is CCC1NCC2(CC2)c2cc(OC)ccc21. The van der Waals surface area contributed by atoms with Crippen LogP contribution in [0.5, 0.6) is 5.75 Å². The van der Waals surface area contributed by atoms with Gasteiger partial charge in [0.2, 0.25) is 0 Å². The van der Waals surface area contributed by atoms with Gasteiger partial charge < -0.3 is 10.1 Å². The molecule has 86 valence electrons. The molecule has 1 spiro atoms. The number of nitrogens with one attached hydrogen (secondary N) is 1. The second-order valence-corrected chi connectivity index (χ2v) is 5.08. The lowest BCUT2D eigenvalue weighted by atomic mass is 9.83. The van der Waals surface area contributed by atoms with Gasteiger partial charge in [0.05, 0.1) is 7.11 Å². The summed E-state index contributed by atoms with van der Waals surface area (Å²) in [4.78, 5) is 0. The molecule has 1 fully saturated rings.